The molecule has 1 aromatic heterocycles. The summed E-state index contributed by atoms with van der Waals surface area (Å²) in [6, 6.07) is 1.85. The van der Waals surface area contributed by atoms with E-state index in [9.17, 15) is 14.4 Å². The van der Waals surface area contributed by atoms with E-state index in [1.807, 2.05) is 33.8 Å². The van der Waals surface area contributed by atoms with Crippen LogP contribution in [0.15, 0.2) is 6.07 Å². The highest BCUT2D eigenvalue weighted by molar-refractivity contribution is 7.12. The standard InChI is InChI=1S/C15H22N2O3S/c1-9(2)7-15(20)17-16-14(19)6-5-13(18)12-8-10(3)21-11(12)4/h8-9H,5-7H2,1-4H3,(H,16,19)(H,17,20). The smallest absolute Gasteiger partial charge is 0.238 e. The van der Waals surface area contributed by atoms with Gasteiger partial charge >= 0.3 is 0 Å². The zero-order valence-corrected chi connectivity index (χ0v) is 13.7. The summed E-state index contributed by atoms with van der Waals surface area (Å²) in [5.74, 6) is -0.396. The molecule has 0 atom stereocenters. The molecule has 0 unspecified atom stereocenters. The number of rotatable bonds is 6. The summed E-state index contributed by atoms with van der Waals surface area (Å²) in [5, 5.41) is 0. The largest absolute Gasteiger partial charge is 0.294 e. The number of nitrogens with one attached hydrogen (secondary N) is 2. The Hall–Kier alpha value is -1.69. The molecule has 0 aliphatic rings. The highest BCUT2D eigenvalue weighted by Crippen LogP contribution is 2.22. The number of thiophene rings is 1. The van der Waals surface area contributed by atoms with Crippen molar-refractivity contribution in [3.63, 3.8) is 0 Å². The molecule has 0 bridgehead atoms. The van der Waals surface area contributed by atoms with Crippen LogP contribution < -0.4 is 10.9 Å². The molecular weight excluding hydrogens is 288 g/mol. The van der Waals surface area contributed by atoms with Gasteiger partial charge in [-0.15, -0.1) is 11.3 Å². The first-order valence-corrected chi connectivity index (χ1v) is 7.79. The first kappa shape index (κ1) is 17.4. The molecule has 6 heteroatoms. The number of Topliss-reactive ketones (excluding diaryl/α,β-unsaturated/α-hetero) is 1. The molecule has 2 N–H and O–H groups in total. The molecule has 5 nitrogen and oxygen atoms in total. The van der Waals surface area contributed by atoms with Crippen LogP contribution in [-0.2, 0) is 9.59 Å². The van der Waals surface area contributed by atoms with Crippen molar-refractivity contribution < 1.29 is 14.4 Å². The summed E-state index contributed by atoms with van der Waals surface area (Å²) in [7, 11) is 0. The van der Waals surface area contributed by atoms with Gasteiger partial charge in [0.15, 0.2) is 5.78 Å². The minimum absolute atomic E-state index is 0.0412. The topological polar surface area (TPSA) is 75.3 Å². The van der Waals surface area contributed by atoms with Crippen molar-refractivity contribution in [3.8, 4) is 0 Å². The lowest BCUT2D eigenvalue weighted by molar-refractivity contribution is -0.129. The van der Waals surface area contributed by atoms with E-state index in [0.29, 0.717) is 12.0 Å². The second-order valence-electron chi connectivity index (χ2n) is 5.44. The fourth-order valence-corrected chi connectivity index (χ4v) is 2.84. The number of ketones is 1. The van der Waals surface area contributed by atoms with Crippen molar-refractivity contribution in [2.75, 3.05) is 0 Å². The quantitative estimate of drug-likeness (QED) is 0.626. The van der Waals surface area contributed by atoms with E-state index in [-0.39, 0.29) is 36.4 Å². The van der Waals surface area contributed by atoms with Gasteiger partial charge in [0.25, 0.3) is 0 Å². The summed E-state index contributed by atoms with van der Waals surface area (Å²) in [5.41, 5.74) is 5.36. The molecule has 1 aromatic rings. The average Bonchev–Trinajstić information content (AvgIpc) is 2.72. The maximum absolute atomic E-state index is 12.0. The minimum atomic E-state index is -0.356. The fraction of sp³-hybridized carbons (Fsp3) is 0.533. The summed E-state index contributed by atoms with van der Waals surface area (Å²) in [4.78, 5) is 37.0. The van der Waals surface area contributed by atoms with Crippen LogP contribution in [0.5, 0.6) is 0 Å². The Morgan fingerprint density at radius 3 is 2.24 bits per heavy atom. The molecule has 0 radical (unpaired) electrons. The van der Waals surface area contributed by atoms with Gasteiger partial charge in [0, 0.05) is 34.6 Å². The van der Waals surface area contributed by atoms with Gasteiger partial charge in [-0.1, -0.05) is 13.8 Å². The highest BCUT2D eigenvalue weighted by atomic mass is 32.1. The Labute approximate surface area is 129 Å². The predicted octanol–water partition coefficient (Wildman–Crippen LogP) is 2.52. The maximum atomic E-state index is 12.0. The first-order chi connectivity index (χ1) is 9.79. The van der Waals surface area contributed by atoms with Crippen LogP contribution in [-0.4, -0.2) is 17.6 Å². The first-order valence-electron chi connectivity index (χ1n) is 6.97. The van der Waals surface area contributed by atoms with E-state index >= 15 is 0 Å². The summed E-state index contributed by atoms with van der Waals surface area (Å²) >= 11 is 1.57. The van der Waals surface area contributed by atoms with Crippen LogP contribution in [0.4, 0.5) is 0 Å². The molecule has 0 aliphatic heterocycles. The maximum Gasteiger partial charge on any atom is 0.238 e. The SMILES string of the molecule is Cc1cc(C(=O)CCC(=O)NNC(=O)CC(C)C)c(C)s1. The van der Waals surface area contributed by atoms with Crippen LogP contribution in [0, 0.1) is 19.8 Å². The minimum Gasteiger partial charge on any atom is -0.294 e. The monoisotopic (exact) mass is 310 g/mol. The third kappa shape index (κ3) is 6.08. The van der Waals surface area contributed by atoms with Gasteiger partial charge in [0.1, 0.15) is 0 Å². The van der Waals surface area contributed by atoms with Crippen LogP contribution in [0.25, 0.3) is 0 Å². The Morgan fingerprint density at radius 2 is 1.71 bits per heavy atom. The highest BCUT2D eigenvalue weighted by Gasteiger charge is 2.14. The number of hydrazine groups is 1. The average molecular weight is 310 g/mol. The Balaban J connectivity index is 2.35. The van der Waals surface area contributed by atoms with E-state index in [2.05, 4.69) is 10.9 Å². The molecule has 2 amide bonds. The van der Waals surface area contributed by atoms with E-state index in [4.69, 9.17) is 0 Å². The molecule has 0 saturated heterocycles. The van der Waals surface area contributed by atoms with Gasteiger partial charge < -0.3 is 0 Å². The Morgan fingerprint density at radius 1 is 1.10 bits per heavy atom. The molecule has 21 heavy (non-hydrogen) atoms. The number of carbonyl (C=O) groups excluding carboxylic acids is 3. The molecule has 0 fully saturated rings. The third-order valence-corrected chi connectivity index (χ3v) is 3.82. The second-order valence-corrected chi connectivity index (χ2v) is 6.90. The number of aryl methyl sites for hydroxylation is 2. The van der Waals surface area contributed by atoms with Crippen molar-refractivity contribution in [1.82, 2.24) is 10.9 Å². The van der Waals surface area contributed by atoms with Crippen molar-refractivity contribution in [1.29, 1.82) is 0 Å². The van der Waals surface area contributed by atoms with Crippen molar-refractivity contribution >= 4 is 28.9 Å². The third-order valence-electron chi connectivity index (χ3n) is 2.86. The van der Waals surface area contributed by atoms with Gasteiger partial charge in [0.2, 0.25) is 11.8 Å². The van der Waals surface area contributed by atoms with Gasteiger partial charge in [-0.05, 0) is 25.8 Å². The Bertz CT molecular complexity index is 535. The van der Waals surface area contributed by atoms with Crippen LogP contribution in [0.1, 0.15) is 53.2 Å². The van der Waals surface area contributed by atoms with Crippen LogP contribution in [0.3, 0.4) is 0 Å². The number of carbonyl (C=O) groups is 3. The zero-order chi connectivity index (χ0) is 16.0. The molecule has 0 aliphatic carbocycles. The molecule has 116 valence electrons. The van der Waals surface area contributed by atoms with Gasteiger partial charge in [-0.2, -0.15) is 0 Å². The fourth-order valence-electron chi connectivity index (χ4n) is 1.89. The number of amides is 2. The second kappa shape index (κ2) is 7.93. The molecule has 1 rings (SSSR count). The normalized spacial score (nSPS) is 10.5. The molecular formula is C15H22N2O3S. The molecule has 0 saturated carbocycles. The van der Waals surface area contributed by atoms with Crippen LogP contribution in [0.2, 0.25) is 0 Å². The van der Waals surface area contributed by atoms with Gasteiger partial charge in [0.05, 0.1) is 0 Å². The lowest BCUT2D eigenvalue weighted by Crippen LogP contribution is -2.42. The van der Waals surface area contributed by atoms with E-state index in [1.54, 1.807) is 11.3 Å². The molecule has 1 heterocycles. The number of hydrogen-bond donors (Lipinski definition) is 2. The van der Waals surface area contributed by atoms with E-state index < -0.39 is 0 Å². The zero-order valence-electron chi connectivity index (χ0n) is 12.9. The number of hydrogen-bond acceptors (Lipinski definition) is 4. The van der Waals surface area contributed by atoms with Crippen molar-refractivity contribution in [2.24, 2.45) is 5.92 Å². The van der Waals surface area contributed by atoms with Crippen LogP contribution >= 0.6 is 11.3 Å². The van der Waals surface area contributed by atoms with E-state index in [0.717, 1.165) is 9.75 Å². The lowest BCUT2D eigenvalue weighted by atomic mass is 10.1. The summed E-state index contributed by atoms with van der Waals surface area (Å²) in [6.07, 6.45) is 0.560. The van der Waals surface area contributed by atoms with Crippen molar-refractivity contribution in [2.45, 2.75) is 47.0 Å². The Kier molecular flexibility index (Phi) is 6.55. The summed E-state index contributed by atoms with van der Waals surface area (Å²) in [6.45, 7) is 7.69. The predicted molar refractivity (Wildman–Crippen MR) is 83.1 cm³/mol. The molecule has 0 spiro atoms. The lowest BCUT2D eigenvalue weighted by Gasteiger charge is -2.08. The summed E-state index contributed by atoms with van der Waals surface area (Å²) < 4.78 is 0. The van der Waals surface area contributed by atoms with E-state index in [1.165, 1.54) is 0 Å². The molecule has 0 aromatic carbocycles. The van der Waals surface area contributed by atoms with Gasteiger partial charge in [-0.3, -0.25) is 25.2 Å². The van der Waals surface area contributed by atoms with Gasteiger partial charge in [-0.25, -0.2) is 0 Å². The van der Waals surface area contributed by atoms with Crippen molar-refractivity contribution in [3.05, 3.63) is 21.4 Å².